The summed E-state index contributed by atoms with van der Waals surface area (Å²) in [6.07, 6.45) is 0. The number of benzene rings is 3. The molecule has 0 aliphatic carbocycles. The van der Waals surface area contributed by atoms with Crippen LogP contribution < -0.4 is 23.3 Å². The molecule has 1 amide bonds. The highest BCUT2D eigenvalue weighted by molar-refractivity contribution is 7.92. The summed E-state index contributed by atoms with van der Waals surface area (Å²) in [7, 11) is -1.10. The zero-order valence-electron chi connectivity index (χ0n) is 21.9. The summed E-state index contributed by atoms with van der Waals surface area (Å²) in [5.74, 6) is 2.01. The summed E-state index contributed by atoms with van der Waals surface area (Å²) in [6, 6.07) is 18.8. The van der Waals surface area contributed by atoms with E-state index in [1.54, 1.807) is 41.3 Å². The van der Waals surface area contributed by atoms with Gasteiger partial charge >= 0.3 is 0 Å². The number of hydrogen-bond donors (Lipinski definition) is 0. The van der Waals surface area contributed by atoms with Gasteiger partial charge in [0.25, 0.3) is 10.0 Å². The van der Waals surface area contributed by atoms with Crippen molar-refractivity contribution in [2.24, 2.45) is 0 Å². The maximum Gasteiger partial charge on any atom is 0.264 e. The van der Waals surface area contributed by atoms with Gasteiger partial charge in [-0.05, 0) is 42.0 Å². The highest BCUT2D eigenvalue weighted by Gasteiger charge is 2.32. The summed E-state index contributed by atoms with van der Waals surface area (Å²) in [5.41, 5.74) is 1.36. The molecule has 10 nitrogen and oxygen atoms in total. The standard InChI is InChI=1S/C28H31N3O7S/c1-35-22-9-10-24(26(17-22)36-2)31(39(33,34)23-6-4-3-5-7-23)19-28(32)30-14-12-29(13-15-30)18-21-8-11-25-27(16-21)38-20-37-25/h3-11,16-17H,12-15,18-20H2,1-2H3. The Balaban J connectivity index is 1.31. The van der Waals surface area contributed by atoms with Crippen LogP contribution in [0.4, 0.5) is 5.69 Å². The molecule has 0 spiro atoms. The summed E-state index contributed by atoms with van der Waals surface area (Å²) >= 11 is 0. The molecule has 2 aliphatic heterocycles. The molecule has 2 heterocycles. The lowest BCUT2D eigenvalue weighted by molar-refractivity contribution is -0.131. The van der Waals surface area contributed by atoms with Crippen LogP contribution in [0.15, 0.2) is 71.6 Å². The monoisotopic (exact) mass is 553 g/mol. The van der Waals surface area contributed by atoms with Crippen molar-refractivity contribution in [1.29, 1.82) is 0 Å². The molecule has 1 fully saturated rings. The predicted octanol–water partition coefficient (Wildman–Crippen LogP) is 2.97. The first-order chi connectivity index (χ1) is 18.9. The molecule has 0 unspecified atom stereocenters. The third-order valence-electron chi connectivity index (χ3n) is 6.83. The van der Waals surface area contributed by atoms with Crippen LogP contribution in [0.25, 0.3) is 0 Å². The Morgan fingerprint density at radius 2 is 1.64 bits per heavy atom. The molecule has 0 atom stereocenters. The first-order valence-corrected chi connectivity index (χ1v) is 14.0. The van der Waals surface area contributed by atoms with E-state index < -0.39 is 10.0 Å². The smallest absolute Gasteiger partial charge is 0.264 e. The van der Waals surface area contributed by atoms with Gasteiger partial charge in [0.1, 0.15) is 18.0 Å². The Hall–Kier alpha value is -3.96. The maximum atomic E-state index is 13.8. The normalized spacial score (nSPS) is 15.2. The van der Waals surface area contributed by atoms with Crippen LogP contribution in [0.2, 0.25) is 0 Å². The third kappa shape index (κ3) is 5.74. The van der Waals surface area contributed by atoms with Crippen molar-refractivity contribution < 1.29 is 32.2 Å². The minimum Gasteiger partial charge on any atom is -0.497 e. The fourth-order valence-corrected chi connectivity index (χ4v) is 6.13. The number of nitrogens with zero attached hydrogens (tertiary/aromatic N) is 3. The van der Waals surface area contributed by atoms with E-state index in [1.807, 2.05) is 18.2 Å². The topological polar surface area (TPSA) is 97.9 Å². The van der Waals surface area contributed by atoms with E-state index in [1.165, 1.54) is 26.4 Å². The quantitative estimate of drug-likeness (QED) is 0.399. The summed E-state index contributed by atoms with van der Waals surface area (Å²) in [5, 5.41) is 0. The number of carbonyl (C=O) groups is 1. The van der Waals surface area contributed by atoms with E-state index in [9.17, 15) is 13.2 Å². The van der Waals surface area contributed by atoms with Gasteiger partial charge in [0.05, 0.1) is 24.8 Å². The van der Waals surface area contributed by atoms with Gasteiger partial charge in [-0.2, -0.15) is 0 Å². The third-order valence-corrected chi connectivity index (χ3v) is 8.61. The van der Waals surface area contributed by atoms with E-state index in [-0.39, 0.29) is 35.6 Å². The Labute approximate surface area is 228 Å². The number of ether oxygens (including phenoxy) is 4. The molecule has 0 N–H and O–H groups in total. The summed E-state index contributed by atoms with van der Waals surface area (Å²) < 4.78 is 50.2. The summed E-state index contributed by atoms with van der Waals surface area (Å²) in [4.78, 5) is 17.5. The van der Waals surface area contributed by atoms with Crippen LogP contribution in [-0.4, -0.2) is 77.9 Å². The average Bonchev–Trinajstić information content (AvgIpc) is 3.44. The molecule has 39 heavy (non-hydrogen) atoms. The second kappa shape index (κ2) is 11.4. The lowest BCUT2D eigenvalue weighted by atomic mass is 10.1. The molecule has 0 saturated carbocycles. The zero-order chi connectivity index (χ0) is 27.4. The summed E-state index contributed by atoms with van der Waals surface area (Å²) in [6.45, 7) is 2.90. The largest absolute Gasteiger partial charge is 0.497 e. The molecule has 0 bridgehead atoms. The fourth-order valence-electron chi connectivity index (χ4n) is 4.69. The number of carbonyl (C=O) groups excluding carboxylic acids is 1. The number of fused-ring (bicyclic) bond motifs is 1. The van der Waals surface area contributed by atoms with Crippen LogP contribution >= 0.6 is 0 Å². The lowest BCUT2D eigenvalue weighted by Crippen LogP contribution is -2.51. The van der Waals surface area contributed by atoms with Crippen molar-refractivity contribution in [2.75, 3.05) is 58.0 Å². The number of rotatable bonds is 9. The van der Waals surface area contributed by atoms with Crippen molar-refractivity contribution in [3.05, 3.63) is 72.3 Å². The van der Waals surface area contributed by atoms with Crippen LogP contribution in [0.1, 0.15) is 5.56 Å². The van der Waals surface area contributed by atoms with Gasteiger partial charge in [0.2, 0.25) is 12.7 Å². The molecular weight excluding hydrogens is 522 g/mol. The second-order valence-electron chi connectivity index (χ2n) is 9.21. The second-order valence-corrected chi connectivity index (χ2v) is 11.1. The number of sulfonamides is 1. The molecule has 3 aromatic carbocycles. The van der Waals surface area contributed by atoms with Crippen molar-refractivity contribution in [3.8, 4) is 23.0 Å². The Morgan fingerprint density at radius 3 is 2.36 bits per heavy atom. The van der Waals surface area contributed by atoms with E-state index in [2.05, 4.69) is 4.90 Å². The molecule has 0 radical (unpaired) electrons. The molecular formula is C28H31N3O7S. The van der Waals surface area contributed by atoms with Crippen LogP contribution in [0, 0.1) is 0 Å². The molecule has 5 rings (SSSR count). The molecule has 2 aliphatic rings. The Kier molecular flexibility index (Phi) is 7.80. The van der Waals surface area contributed by atoms with E-state index in [0.717, 1.165) is 27.9 Å². The van der Waals surface area contributed by atoms with Crippen LogP contribution in [0.5, 0.6) is 23.0 Å². The SMILES string of the molecule is COc1ccc(N(CC(=O)N2CCN(Cc3ccc4c(c3)OCO4)CC2)S(=O)(=O)c2ccccc2)c(OC)c1. The first-order valence-electron chi connectivity index (χ1n) is 12.6. The van der Waals surface area contributed by atoms with E-state index in [4.69, 9.17) is 18.9 Å². The van der Waals surface area contributed by atoms with Gasteiger partial charge in [-0.25, -0.2) is 8.42 Å². The van der Waals surface area contributed by atoms with Crippen molar-refractivity contribution >= 4 is 21.6 Å². The minimum atomic E-state index is -4.06. The Bertz CT molecular complexity index is 1420. The van der Waals surface area contributed by atoms with Crippen molar-refractivity contribution in [2.45, 2.75) is 11.4 Å². The minimum absolute atomic E-state index is 0.0872. The molecule has 3 aromatic rings. The van der Waals surface area contributed by atoms with Crippen molar-refractivity contribution in [3.63, 3.8) is 0 Å². The molecule has 11 heteroatoms. The number of anilines is 1. The van der Waals surface area contributed by atoms with Crippen molar-refractivity contribution in [1.82, 2.24) is 9.80 Å². The number of piperazine rings is 1. The first kappa shape index (κ1) is 26.6. The van der Waals surface area contributed by atoms with Gasteiger partial charge in [-0.1, -0.05) is 24.3 Å². The lowest BCUT2D eigenvalue weighted by Gasteiger charge is -2.36. The maximum absolute atomic E-state index is 13.8. The number of hydrogen-bond acceptors (Lipinski definition) is 8. The molecule has 0 aromatic heterocycles. The van der Waals surface area contributed by atoms with E-state index in [0.29, 0.717) is 31.9 Å². The fraction of sp³-hybridized carbons (Fsp3) is 0.321. The van der Waals surface area contributed by atoms with Gasteiger partial charge in [0, 0.05) is 38.8 Å². The van der Waals surface area contributed by atoms with Crippen LogP contribution in [-0.2, 0) is 21.4 Å². The van der Waals surface area contributed by atoms with Gasteiger partial charge in [-0.15, -0.1) is 0 Å². The highest BCUT2D eigenvalue weighted by atomic mass is 32.2. The molecule has 1 saturated heterocycles. The Morgan fingerprint density at radius 1 is 0.897 bits per heavy atom. The van der Waals surface area contributed by atoms with E-state index >= 15 is 0 Å². The van der Waals surface area contributed by atoms with Crippen LogP contribution in [0.3, 0.4) is 0 Å². The number of methoxy groups -OCH3 is 2. The van der Waals surface area contributed by atoms with Gasteiger partial charge in [-0.3, -0.25) is 14.0 Å². The highest BCUT2D eigenvalue weighted by Crippen LogP contribution is 2.36. The number of amides is 1. The van der Waals surface area contributed by atoms with Gasteiger partial charge < -0.3 is 23.8 Å². The van der Waals surface area contributed by atoms with Gasteiger partial charge in [0.15, 0.2) is 11.5 Å². The zero-order valence-corrected chi connectivity index (χ0v) is 22.7. The molecule has 206 valence electrons. The predicted molar refractivity (Wildman–Crippen MR) is 145 cm³/mol. The average molecular weight is 554 g/mol.